The van der Waals surface area contributed by atoms with Crippen LogP contribution in [0.4, 0.5) is 0 Å². The highest BCUT2D eigenvalue weighted by Crippen LogP contribution is 2.23. The van der Waals surface area contributed by atoms with Gasteiger partial charge < -0.3 is 4.57 Å². The lowest BCUT2D eigenvalue weighted by Gasteiger charge is -1.96. The highest BCUT2D eigenvalue weighted by atomic mass is 79.9. The van der Waals surface area contributed by atoms with Crippen molar-refractivity contribution < 1.29 is 0 Å². The molecule has 3 nitrogen and oxygen atoms in total. The van der Waals surface area contributed by atoms with Crippen molar-refractivity contribution in [1.82, 2.24) is 9.55 Å². The van der Waals surface area contributed by atoms with Gasteiger partial charge in [-0.15, -0.1) is 0 Å². The van der Waals surface area contributed by atoms with Crippen LogP contribution in [0.3, 0.4) is 0 Å². The fraction of sp³-hybridized carbons (Fsp3) is 0.111. The molecule has 0 aliphatic heterocycles. The maximum Gasteiger partial charge on any atom is 0.103 e. The van der Waals surface area contributed by atoms with E-state index in [1.807, 2.05) is 17.7 Å². The van der Waals surface area contributed by atoms with Gasteiger partial charge in [-0.25, -0.2) is 4.98 Å². The van der Waals surface area contributed by atoms with Crippen LogP contribution in [0.5, 0.6) is 0 Å². The highest BCUT2D eigenvalue weighted by molar-refractivity contribution is 9.10. The van der Waals surface area contributed by atoms with Gasteiger partial charge in [0.25, 0.3) is 0 Å². The number of rotatable bonds is 0. The monoisotopic (exact) mass is 235 g/mol. The third-order valence-corrected chi connectivity index (χ3v) is 2.52. The Morgan fingerprint density at radius 1 is 1.54 bits per heavy atom. The summed E-state index contributed by atoms with van der Waals surface area (Å²) < 4.78 is 2.75. The quantitative estimate of drug-likeness (QED) is 0.703. The Morgan fingerprint density at radius 2 is 2.31 bits per heavy atom. The molecule has 2 aromatic rings. The number of hydrogen-bond donors (Lipinski definition) is 0. The van der Waals surface area contributed by atoms with Crippen LogP contribution < -0.4 is 0 Å². The first kappa shape index (κ1) is 8.27. The molecule has 2 rings (SSSR count). The van der Waals surface area contributed by atoms with Crippen LogP contribution in [0.2, 0.25) is 0 Å². The Labute approximate surface area is 83.7 Å². The molecule has 13 heavy (non-hydrogen) atoms. The number of imidazole rings is 1. The third kappa shape index (κ3) is 1.21. The van der Waals surface area contributed by atoms with E-state index in [1.54, 1.807) is 12.4 Å². The SMILES string of the molecule is Cn1cnc2c(Br)cc(C#N)cc21. The smallest absolute Gasteiger partial charge is 0.103 e. The number of fused-ring (bicyclic) bond motifs is 1. The van der Waals surface area contributed by atoms with Crippen molar-refractivity contribution >= 4 is 27.0 Å². The topological polar surface area (TPSA) is 41.6 Å². The first-order valence-corrected chi connectivity index (χ1v) is 4.52. The second-order valence-electron chi connectivity index (χ2n) is 2.79. The number of nitriles is 1. The molecule has 0 bridgehead atoms. The first-order valence-electron chi connectivity index (χ1n) is 3.73. The van der Waals surface area contributed by atoms with Gasteiger partial charge in [-0.1, -0.05) is 0 Å². The van der Waals surface area contributed by atoms with Crippen molar-refractivity contribution in [3.05, 3.63) is 28.5 Å². The molecule has 1 aromatic carbocycles. The molecule has 0 aliphatic carbocycles. The molecule has 4 heteroatoms. The number of hydrogen-bond acceptors (Lipinski definition) is 2. The molecule has 0 saturated heterocycles. The van der Waals surface area contributed by atoms with Crippen molar-refractivity contribution in [3.8, 4) is 6.07 Å². The van der Waals surface area contributed by atoms with Gasteiger partial charge >= 0.3 is 0 Å². The largest absolute Gasteiger partial charge is 0.334 e. The van der Waals surface area contributed by atoms with Crippen LogP contribution in [-0.4, -0.2) is 9.55 Å². The van der Waals surface area contributed by atoms with Gasteiger partial charge in [0.1, 0.15) is 5.52 Å². The zero-order valence-corrected chi connectivity index (χ0v) is 8.54. The van der Waals surface area contributed by atoms with E-state index in [0.29, 0.717) is 5.56 Å². The summed E-state index contributed by atoms with van der Waals surface area (Å²) in [4.78, 5) is 4.20. The van der Waals surface area contributed by atoms with Crippen LogP contribution in [0.1, 0.15) is 5.56 Å². The van der Waals surface area contributed by atoms with E-state index < -0.39 is 0 Å². The Hall–Kier alpha value is -1.34. The second kappa shape index (κ2) is 2.86. The lowest BCUT2D eigenvalue weighted by molar-refractivity contribution is 0.947. The second-order valence-corrected chi connectivity index (χ2v) is 3.65. The van der Waals surface area contributed by atoms with E-state index in [2.05, 4.69) is 27.0 Å². The summed E-state index contributed by atoms with van der Waals surface area (Å²) in [7, 11) is 1.91. The Balaban J connectivity index is 2.90. The molecule has 1 heterocycles. The summed E-state index contributed by atoms with van der Waals surface area (Å²) in [5.41, 5.74) is 2.50. The minimum Gasteiger partial charge on any atom is -0.334 e. The molecular weight excluding hydrogens is 230 g/mol. The summed E-state index contributed by atoms with van der Waals surface area (Å²) in [5.74, 6) is 0. The summed E-state index contributed by atoms with van der Waals surface area (Å²) in [6, 6.07) is 5.71. The van der Waals surface area contributed by atoms with Crippen LogP contribution in [0.15, 0.2) is 22.9 Å². The van der Waals surface area contributed by atoms with Crippen LogP contribution in [-0.2, 0) is 7.05 Å². The summed E-state index contributed by atoms with van der Waals surface area (Å²) in [6.45, 7) is 0. The average molecular weight is 236 g/mol. The minimum absolute atomic E-state index is 0.642. The van der Waals surface area contributed by atoms with Gasteiger partial charge in [-0.3, -0.25) is 0 Å². The maximum absolute atomic E-state index is 8.75. The zero-order chi connectivity index (χ0) is 9.42. The van der Waals surface area contributed by atoms with Crippen LogP contribution in [0, 0.1) is 11.3 Å². The fourth-order valence-electron chi connectivity index (χ4n) is 1.25. The van der Waals surface area contributed by atoms with Crippen LogP contribution in [0.25, 0.3) is 11.0 Å². The maximum atomic E-state index is 8.75. The molecule has 0 unspecified atom stereocenters. The summed E-state index contributed by atoms with van der Waals surface area (Å²) in [5, 5.41) is 8.75. The lowest BCUT2D eigenvalue weighted by atomic mass is 10.2. The lowest BCUT2D eigenvalue weighted by Crippen LogP contribution is -1.85. The summed E-state index contributed by atoms with van der Waals surface area (Å²) >= 11 is 3.37. The van der Waals surface area contributed by atoms with E-state index >= 15 is 0 Å². The molecular formula is C9H6BrN3. The van der Waals surface area contributed by atoms with Crippen LogP contribution >= 0.6 is 15.9 Å². The van der Waals surface area contributed by atoms with Gasteiger partial charge in [-0.05, 0) is 28.1 Å². The molecule has 0 atom stereocenters. The van der Waals surface area contributed by atoms with Crippen molar-refractivity contribution in [2.75, 3.05) is 0 Å². The molecule has 0 amide bonds. The van der Waals surface area contributed by atoms with E-state index in [4.69, 9.17) is 5.26 Å². The third-order valence-electron chi connectivity index (χ3n) is 1.91. The number of benzene rings is 1. The molecule has 0 radical (unpaired) electrons. The molecule has 0 fully saturated rings. The molecule has 0 saturated carbocycles. The first-order chi connectivity index (χ1) is 6.22. The zero-order valence-electron chi connectivity index (χ0n) is 6.95. The number of nitrogens with zero attached hydrogens (tertiary/aromatic N) is 3. The predicted molar refractivity (Wildman–Crippen MR) is 53.1 cm³/mol. The normalized spacial score (nSPS) is 10.2. The van der Waals surface area contributed by atoms with Gasteiger partial charge in [0.15, 0.2) is 0 Å². The minimum atomic E-state index is 0.642. The van der Waals surface area contributed by atoms with Crippen molar-refractivity contribution in [3.63, 3.8) is 0 Å². The van der Waals surface area contributed by atoms with Crippen molar-refractivity contribution in [2.45, 2.75) is 0 Å². The number of aromatic nitrogens is 2. The van der Waals surface area contributed by atoms with E-state index in [0.717, 1.165) is 15.5 Å². The number of aryl methyl sites for hydroxylation is 1. The standard InChI is InChI=1S/C9H6BrN3/c1-13-5-12-9-7(10)2-6(4-11)3-8(9)13/h2-3,5H,1H3. The van der Waals surface area contributed by atoms with Gasteiger partial charge in [0, 0.05) is 11.5 Å². The van der Waals surface area contributed by atoms with Gasteiger partial charge in [-0.2, -0.15) is 5.26 Å². The van der Waals surface area contributed by atoms with Gasteiger partial charge in [0.05, 0.1) is 23.5 Å². The molecule has 0 N–H and O–H groups in total. The molecule has 64 valence electrons. The summed E-state index contributed by atoms with van der Waals surface area (Å²) in [6.07, 6.45) is 1.73. The average Bonchev–Trinajstić information content (AvgIpc) is 2.48. The molecule has 1 aromatic heterocycles. The van der Waals surface area contributed by atoms with E-state index in [9.17, 15) is 0 Å². The van der Waals surface area contributed by atoms with E-state index in [1.165, 1.54) is 0 Å². The van der Waals surface area contributed by atoms with E-state index in [-0.39, 0.29) is 0 Å². The van der Waals surface area contributed by atoms with Crippen molar-refractivity contribution in [1.29, 1.82) is 5.26 Å². The van der Waals surface area contributed by atoms with Gasteiger partial charge in [0.2, 0.25) is 0 Å². The molecule has 0 aliphatic rings. The number of halogens is 1. The van der Waals surface area contributed by atoms with Crippen molar-refractivity contribution in [2.24, 2.45) is 7.05 Å². The predicted octanol–water partition coefficient (Wildman–Crippen LogP) is 2.21. The highest BCUT2D eigenvalue weighted by Gasteiger charge is 2.05. The Morgan fingerprint density at radius 3 is 3.00 bits per heavy atom. The Bertz CT molecular complexity index is 507. The Kier molecular flexibility index (Phi) is 1.82. The fourth-order valence-corrected chi connectivity index (χ4v) is 1.80. The molecule has 0 spiro atoms.